The Bertz CT molecular complexity index is 1520. The number of aromatic nitrogens is 8. The summed E-state index contributed by atoms with van der Waals surface area (Å²) in [5, 5.41) is 18.4. The predicted octanol–water partition coefficient (Wildman–Crippen LogP) is 2.54. The van der Waals surface area contributed by atoms with E-state index in [0.29, 0.717) is 65.1 Å². The molecule has 1 aliphatic rings. The van der Waals surface area contributed by atoms with Crippen LogP contribution in [-0.2, 0) is 18.3 Å². The summed E-state index contributed by atoms with van der Waals surface area (Å²) in [6, 6.07) is 3.23. The van der Waals surface area contributed by atoms with Crippen LogP contribution in [-0.4, -0.2) is 76.8 Å². The minimum Gasteiger partial charge on any atom is -0.394 e. The third-order valence-electron chi connectivity index (χ3n) is 6.05. The minimum atomic E-state index is -0.247. The average Bonchev–Trinajstić information content (AvgIpc) is 3.60. The number of ether oxygens (including phenoxy) is 1. The number of hydrogen-bond acceptors (Lipinski definition) is 9. The number of aliphatic hydroxyl groups excluding tert-OH is 1. The first-order valence-electron chi connectivity index (χ1n) is 11.3. The normalized spacial score (nSPS) is 16.3. The molecule has 5 heterocycles. The van der Waals surface area contributed by atoms with E-state index in [-0.39, 0.29) is 12.6 Å². The molecule has 6 rings (SSSR count). The lowest BCUT2D eigenvalue weighted by Gasteiger charge is -2.34. The van der Waals surface area contributed by atoms with Crippen LogP contribution < -0.4 is 10.2 Å². The number of aryl methyl sites for hydroxylation is 1. The first-order chi connectivity index (χ1) is 17.5. The van der Waals surface area contributed by atoms with E-state index in [0.717, 1.165) is 16.7 Å². The number of H-pyrrole nitrogens is 1. The van der Waals surface area contributed by atoms with Gasteiger partial charge < -0.3 is 25.0 Å². The summed E-state index contributed by atoms with van der Waals surface area (Å²) in [6.07, 6.45) is 5.32. The van der Waals surface area contributed by atoms with Crippen LogP contribution in [0, 0.1) is 0 Å². The quantitative estimate of drug-likeness (QED) is 0.303. The Balaban J connectivity index is 1.40. The highest BCUT2D eigenvalue weighted by Gasteiger charge is 2.27. The number of rotatable bonds is 6. The van der Waals surface area contributed by atoms with Gasteiger partial charge in [0.05, 0.1) is 65.4 Å². The topological polar surface area (TPSA) is 135 Å². The average molecular weight is 529 g/mol. The van der Waals surface area contributed by atoms with Gasteiger partial charge in [0.25, 0.3) is 0 Å². The van der Waals surface area contributed by atoms with Crippen LogP contribution in [0.5, 0.6) is 0 Å². The molecule has 5 aromatic rings. The highest BCUT2D eigenvalue weighted by molar-refractivity contribution is 6.42. The molecule has 3 N–H and O–H groups in total. The van der Waals surface area contributed by atoms with Crippen molar-refractivity contribution >= 4 is 57.2 Å². The number of fused-ring (bicyclic) bond motifs is 2. The molecule has 1 atom stereocenters. The molecule has 0 saturated carbocycles. The number of morpholine rings is 1. The summed E-state index contributed by atoms with van der Waals surface area (Å²) in [5.74, 6) is 1.70. The Morgan fingerprint density at radius 3 is 2.89 bits per heavy atom. The maximum atomic E-state index is 9.91. The molecule has 0 spiro atoms. The third kappa shape index (κ3) is 4.11. The van der Waals surface area contributed by atoms with E-state index in [1.165, 1.54) is 0 Å². The van der Waals surface area contributed by atoms with Crippen molar-refractivity contribution in [3.63, 3.8) is 0 Å². The van der Waals surface area contributed by atoms with Gasteiger partial charge in [0, 0.05) is 19.8 Å². The van der Waals surface area contributed by atoms with Crippen molar-refractivity contribution in [1.29, 1.82) is 0 Å². The Labute approximate surface area is 214 Å². The summed E-state index contributed by atoms with van der Waals surface area (Å²) in [7, 11) is 1.85. The molecule has 186 valence electrons. The molecule has 36 heavy (non-hydrogen) atoms. The van der Waals surface area contributed by atoms with Crippen LogP contribution in [0.1, 0.15) is 5.82 Å². The molecule has 1 aromatic carbocycles. The summed E-state index contributed by atoms with van der Waals surface area (Å²) < 4.78 is 9.12. The highest BCUT2D eigenvalue weighted by atomic mass is 35.5. The second kappa shape index (κ2) is 9.21. The van der Waals surface area contributed by atoms with Gasteiger partial charge in [-0.3, -0.25) is 9.25 Å². The van der Waals surface area contributed by atoms with Crippen molar-refractivity contribution in [2.24, 2.45) is 7.05 Å². The Hall–Kier alpha value is -3.45. The van der Waals surface area contributed by atoms with Gasteiger partial charge in [-0.25, -0.2) is 9.97 Å². The standard InChI is InChI=1S/C22H22Cl2N10O2/c1-32-8-12(6-27-32)34-11-26-19-20(25-7-18-28-16-4-14(23)15(24)5-17(16)29-18)30-22(31-21(19)34)33-2-3-36-10-13(33)9-35/h4-6,8,11,13,35H,2-3,7,9-10H2,1H3,(H,28,29)(H,25,30,31)/t13-/m1/s1. The van der Waals surface area contributed by atoms with Crippen LogP contribution >= 0.6 is 23.2 Å². The zero-order valence-electron chi connectivity index (χ0n) is 19.2. The van der Waals surface area contributed by atoms with E-state index in [4.69, 9.17) is 37.9 Å². The van der Waals surface area contributed by atoms with Crippen LogP contribution in [0.3, 0.4) is 0 Å². The Kier molecular flexibility index (Phi) is 5.88. The number of nitrogens with zero attached hydrogens (tertiary/aromatic N) is 8. The fraction of sp³-hybridized carbons (Fsp3) is 0.318. The van der Waals surface area contributed by atoms with Crippen molar-refractivity contribution in [3.05, 3.63) is 46.7 Å². The largest absolute Gasteiger partial charge is 0.394 e. The molecule has 4 aromatic heterocycles. The van der Waals surface area contributed by atoms with E-state index < -0.39 is 0 Å². The summed E-state index contributed by atoms with van der Waals surface area (Å²) in [5.41, 5.74) is 3.53. The second-order valence-electron chi connectivity index (χ2n) is 8.46. The molecule has 1 fully saturated rings. The molecule has 0 bridgehead atoms. The predicted molar refractivity (Wildman–Crippen MR) is 136 cm³/mol. The van der Waals surface area contributed by atoms with Crippen molar-refractivity contribution < 1.29 is 9.84 Å². The zero-order valence-corrected chi connectivity index (χ0v) is 20.7. The van der Waals surface area contributed by atoms with Gasteiger partial charge >= 0.3 is 0 Å². The lowest BCUT2D eigenvalue weighted by atomic mass is 10.2. The second-order valence-corrected chi connectivity index (χ2v) is 9.27. The number of benzene rings is 1. The number of halogens is 2. The van der Waals surface area contributed by atoms with Gasteiger partial charge in [-0.1, -0.05) is 23.2 Å². The van der Waals surface area contributed by atoms with Crippen LogP contribution in [0.4, 0.5) is 11.8 Å². The molecule has 12 nitrogen and oxygen atoms in total. The number of anilines is 2. The van der Waals surface area contributed by atoms with E-state index in [1.807, 2.05) is 22.7 Å². The van der Waals surface area contributed by atoms with E-state index in [2.05, 4.69) is 25.4 Å². The van der Waals surface area contributed by atoms with Crippen LogP contribution in [0.2, 0.25) is 10.0 Å². The summed E-state index contributed by atoms with van der Waals surface area (Å²) in [4.78, 5) is 24.0. The first-order valence-corrected chi connectivity index (χ1v) is 12.0. The maximum absolute atomic E-state index is 9.91. The molecule has 1 aliphatic heterocycles. The summed E-state index contributed by atoms with van der Waals surface area (Å²) in [6.45, 7) is 1.75. The van der Waals surface area contributed by atoms with Crippen molar-refractivity contribution in [2.75, 3.05) is 36.6 Å². The molecule has 0 unspecified atom stereocenters. The molecular weight excluding hydrogens is 507 g/mol. The molecule has 0 amide bonds. The number of hydrogen-bond donors (Lipinski definition) is 3. The van der Waals surface area contributed by atoms with Crippen molar-refractivity contribution in [3.8, 4) is 5.69 Å². The van der Waals surface area contributed by atoms with Gasteiger partial charge in [0.15, 0.2) is 17.0 Å². The van der Waals surface area contributed by atoms with Gasteiger partial charge in [-0.05, 0) is 12.1 Å². The van der Waals surface area contributed by atoms with Gasteiger partial charge in [0.1, 0.15) is 12.2 Å². The highest BCUT2D eigenvalue weighted by Crippen LogP contribution is 2.28. The Morgan fingerprint density at radius 1 is 1.22 bits per heavy atom. The smallest absolute Gasteiger partial charge is 0.229 e. The number of aliphatic hydroxyl groups is 1. The Morgan fingerprint density at radius 2 is 2.08 bits per heavy atom. The fourth-order valence-electron chi connectivity index (χ4n) is 4.24. The SMILES string of the molecule is Cn1cc(-n2cnc3c(NCc4nc5cc(Cl)c(Cl)cc5[nH]4)nc(N4CCOC[C@H]4CO)nc32)cn1. The minimum absolute atomic E-state index is 0.0733. The zero-order chi connectivity index (χ0) is 24.8. The molecule has 14 heteroatoms. The van der Waals surface area contributed by atoms with E-state index >= 15 is 0 Å². The third-order valence-corrected chi connectivity index (χ3v) is 6.77. The molecule has 0 radical (unpaired) electrons. The fourth-order valence-corrected chi connectivity index (χ4v) is 4.56. The summed E-state index contributed by atoms with van der Waals surface area (Å²) >= 11 is 12.3. The monoisotopic (exact) mass is 528 g/mol. The first kappa shape index (κ1) is 23.0. The molecule has 1 saturated heterocycles. The number of nitrogens with one attached hydrogen (secondary N) is 2. The number of aromatic amines is 1. The maximum Gasteiger partial charge on any atom is 0.229 e. The van der Waals surface area contributed by atoms with E-state index in [9.17, 15) is 5.11 Å². The lowest BCUT2D eigenvalue weighted by molar-refractivity contribution is 0.0718. The van der Waals surface area contributed by atoms with Gasteiger partial charge in [0.2, 0.25) is 5.95 Å². The lowest BCUT2D eigenvalue weighted by Crippen LogP contribution is -2.48. The molecular formula is C22H22Cl2N10O2. The van der Waals surface area contributed by atoms with Crippen LogP contribution in [0.25, 0.3) is 27.9 Å². The number of imidazole rings is 2. The van der Waals surface area contributed by atoms with Crippen LogP contribution in [0.15, 0.2) is 30.9 Å². The molecule has 0 aliphatic carbocycles. The van der Waals surface area contributed by atoms with E-state index in [1.54, 1.807) is 29.3 Å². The van der Waals surface area contributed by atoms with Gasteiger partial charge in [-0.15, -0.1) is 0 Å². The van der Waals surface area contributed by atoms with Crippen molar-refractivity contribution in [2.45, 2.75) is 12.6 Å². The van der Waals surface area contributed by atoms with Gasteiger partial charge in [-0.2, -0.15) is 15.1 Å². The van der Waals surface area contributed by atoms with Crippen molar-refractivity contribution in [1.82, 2.24) is 39.3 Å².